The molecule has 168 valence electrons. The van der Waals surface area contributed by atoms with Crippen LogP contribution in [0.1, 0.15) is 12.7 Å². The zero-order chi connectivity index (χ0) is 22.6. The standard InChI is InChI=1S/C19H22F3N5O4/c1-12(26(2)10-16-23-5-6-27(16)11-19(20,21)22)17(28)25-18(29)24-13-3-4-14-15(9-13)31-8-7-30-14/h3-6,9,12H,7-8,10-11H2,1-2H3,(H2,24,25,28,29). The number of alkyl halides is 3. The second kappa shape index (κ2) is 9.25. The summed E-state index contributed by atoms with van der Waals surface area (Å²) >= 11 is 0. The highest BCUT2D eigenvalue weighted by atomic mass is 19.4. The van der Waals surface area contributed by atoms with Gasteiger partial charge in [-0.05, 0) is 26.1 Å². The van der Waals surface area contributed by atoms with E-state index < -0.39 is 30.7 Å². The Labute approximate surface area is 176 Å². The third-order valence-electron chi connectivity index (χ3n) is 4.62. The van der Waals surface area contributed by atoms with E-state index in [4.69, 9.17) is 9.47 Å². The SMILES string of the molecule is CC(C(=O)NC(=O)Nc1ccc2c(c1)OCCO2)N(C)Cc1nccn1CC(F)(F)F. The van der Waals surface area contributed by atoms with Crippen LogP contribution in [0.5, 0.6) is 11.5 Å². The Hall–Kier alpha value is -3.28. The summed E-state index contributed by atoms with van der Waals surface area (Å²) in [5.41, 5.74) is 0.407. The van der Waals surface area contributed by atoms with Crippen molar-refractivity contribution in [2.75, 3.05) is 25.6 Å². The number of ether oxygens (including phenoxy) is 2. The number of amides is 3. The number of imidazole rings is 1. The van der Waals surface area contributed by atoms with Crippen LogP contribution in [0.2, 0.25) is 0 Å². The molecular formula is C19H22F3N5O4. The third-order valence-corrected chi connectivity index (χ3v) is 4.62. The van der Waals surface area contributed by atoms with Gasteiger partial charge in [0, 0.05) is 24.1 Å². The lowest BCUT2D eigenvalue weighted by atomic mass is 10.2. The molecule has 9 nitrogen and oxygen atoms in total. The van der Waals surface area contributed by atoms with Gasteiger partial charge in [0.1, 0.15) is 25.6 Å². The Morgan fingerprint density at radius 1 is 1.26 bits per heavy atom. The average molecular weight is 441 g/mol. The van der Waals surface area contributed by atoms with Crippen molar-refractivity contribution in [2.45, 2.75) is 32.2 Å². The van der Waals surface area contributed by atoms with E-state index in [1.807, 2.05) is 0 Å². The van der Waals surface area contributed by atoms with Crippen molar-refractivity contribution in [3.63, 3.8) is 0 Å². The fourth-order valence-corrected chi connectivity index (χ4v) is 2.89. The number of benzene rings is 1. The number of hydrogen-bond donors (Lipinski definition) is 2. The molecule has 3 rings (SSSR count). The van der Waals surface area contributed by atoms with Crippen LogP contribution in [0.3, 0.4) is 0 Å². The first kappa shape index (κ1) is 22.4. The third kappa shape index (κ3) is 6.10. The number of rotatable bonds is 6. The average Bonchev–Trinajstić information content (AvgIpc) is 3.11. The van der Waals surface area contributed by atoms with E-state index in [2.05, 4.69) is 15.6 Å². The Kier molecular flexibility index (Phi) is 6.68. The number of nitrogens with zero attached hydrogens (tertiary/aromatic N) is 3. The molecule has 1 unspecified atom stereocenters. The summed E-state index contributed by atoms with van der Waals surface area (Å²) < 4.78 is 49.8. The summed E-state index contributed by atoms with van der Waals surface area (Å²) in [5, 5.41) is 4.74. The number of imide groups is 1. The maximum atomic E-state index is 12.7. The first-order chi connectivity index (χ1) is 14.6. The Morgan fingerprint density at radius 3 is 2.68 bits per heavy atom. The van der Waals surface area contributed by atoms with E-state index in [9.17, 15) is 22.8 Å². The van der Waals surface area contributed by atoms with Gasteiger partial charge < -0.3 is 19.4 Å². The number of hydrogen-bond acceptors (Lipinski definition) is 6. The van der Waals surface area contributed by atoms with Gasteiger partial charge in [-0.3, -0.25) is 15.0 Å². The topological polar surface area (TPSA) is 97.7 Å². The fourth-order valence-electron chi connectivity index (χ4n) is 2.89. The van der Waals surface area contributed by atoms with Gasteiger partial charge in [0.25, 0.3) is 0 Å². The van der Waals surface area contributed by atoms with Crippen molar-refractivity contribution in [1.29, 1.82) is 0 Å². The molecule has 2 aromatic rings. The summed E-state index contributed by atoms with van der Waals surface area (Å²) in [6, 6.07) is 3.27. The van der Waals surface area contributed by atoms with Crippen molar-refractivity contribution in [3.05, 3.63) is 36.4 Å². The van der Waals surface area contributed by atoms with Crippen molar-refractivity contribution in [3.8, 4) is 11.5 Å². The lowest BCUT2D eigenvalue weighted by Gasteiger charge is -2.24. The molecule has 0 aliphatic carbocycles. The maximum absolute atomic E-state index is 12.7. The first-order valence-corrected chi connectivity index (χ1v) is 9.41. The summed E-state index contributed by atoms with van der Waals surface area (Å²) in [7, 11) is 1.55. The summed E-state index contributed by atoms with van der Waals surface area (Å²) in [6.45, 7) is 1.18. The maximum Gasteiger partial charge on any atom is 0.406 e. The molecule has 0 saturated carbocycles. The lowest BCUT2D eigenvalue weighted by Crippen LogP contribution is -2.46. The molecule has 1 aliphatic heterocycles. The summed E-state index contributed by atoms with van der Waals surface area (Å²) in [5.74, 6) is 0.580. The van der Waals surface area contributed by atoms with E-state index >= 15 is 0 Å². The number of anilines is 1. The van der Waals surface area contributed by atoms with Gasteiger partial charge in [-0.25, -0.2) is 9.78 Å². The van der Waals surface area contributed by atoms with E-state index in [0.717, 1.165) is 4.57 Å². The first-order valence-electron chi connectivity index (χ1n) is 9.41. The number of nitrogens with one attached hydrogen (secondary N) is 2. The minimum absolute atomic E-state index is 0.0125. The molecule has 3 amide bonds. The largest absolute Gasteiger partial charge is 0.486 e. The van der Waals surface area contributed by atoms with Crippen molar-refractivity contribution < 1.29 is 32.2 Å². The second-order valence-corrected chi connectivity index (χ2v) is 6.98. The number of carbonyl (C=O) groups is 2. The minimum atomic E-state index is -4.39. The number of fused-ring (bicyclic) bond motifs is 1. The molecule has 0 spiro atoms. The number of aromatic nitrogens is 2. The van der Waals surface area contributed by atoms with Crippen LogP contribution in [-0.4, -0.2) is 58.9 Å². The molecule has 1 aromatic heterocycles. The highest BCUT2D eigenvalue weighted by molar-refractivity contribution is 6.02. The predicted molar refractivity (Wildman–Crippen MR) is 104 cm³/mol. The van der Waals surface area contributed by atoms with Gasteiger partial charge in [-0.1, -0.05) is 0 Å². The molecule has 31 heavy (non-hydrogen) atoms. The lowest BCUT2D eigenvalue weighted by molar-refractivity contribution is -0.141. The van der Waals surface area contributed by atoms with Crippen LogP contribution in [0.4, 0.5) is 23.7 Å². The molecule has 2 N–H and O–H groups in total. The van der Waals surface area contributed by atoms with Crippen molar-refractivity contribution in [1.82, 2.24) is 19.8 Å². The molecule has 2 heterocycles. The second-order valence-electron chi connectivity index (χ2n) is 6.98. The van der Waals surface area contributed by atoms with Gasteiger partial charge >= 0.3 is 12.2 Å². The Morgan fingerprint density at radius 2 is 1.97 bits per heavy atom. The Balaban J connectivity index is 1.54. The van der Waals surface area contributed by atoms with Gasteiger partial charge in [0.2, 0.25) is 5.91 Å². The monoisotopic (exact) mass is 441 g/mol. The molecule has 12 heteroatoms. The van der Waals surface area contributed by atoms with Crippen LogP contribution >= 0.6 is 0 Å². The van der Waals surface area contributed by atoms with Crippen LogP contribution in [-0.2, 0) is 17.9 Å². The van der Waals surface area contributed by atoms with E-state index in [-0.39, 0.29) is 12.4 Å². The fraction of sp³-hybridized carbons (Fsp3) is 0.421. The summed E-state index contributed by atoms with van der Waals surface area (Å²) in [4.78, 5) is 30.0. The molecule has 0 saturated heterocycles. The molecule has 0 bridgehead atoms. The zero-order valence-electron chi connectivity index (χ0n) is 16.9. The van der Waals surface area contributed by atoms with Gasteiger partial charge in [0.15, 0.2) is 11.5 Å². The highest BCUT2D eigenvalue weighted by Gasteiger charge is 2.29. The molecule has 1 aliphatic rings. The van der Waals surface area contributed by atoms with Gasteiger partial charge in [0.05, 0.1) is 12.6 Å². The van der Waals surface area contributed by atoms with E-state index in [1.54, 1.807) is 25.2 Å². The predicted octanol–water partition coefficient (Wildman–Crippen LogP) is 2.39. The molecule has 0 fully saturated rings. The van der Waals surface area contributed by atoms with Crippen molar-refractivity contribution >= 4 is 17.6 Å². The van der Waals surface area contributed by atoms with Gasteiger partial charge in [-0.2, -0.15) is 13.2 Å². The van der Waals surface area contributed by atoms with Crippen LogP contribution < -0.4 is 20.1 Å². The smallest absolute Gasteiger partial charge is 0.406 e. The number of halogens is 3. The number of carbonyl (C=O) groups excluding carboxylic acids is 2. The number of likely N-dealkylation sites (N-methyl/N-ethyl adjacent to an activating group) is 1. The van der Waals surface area contributed by atoms with E-state index in [0.29, 0.717) is 30.4 Å². The minimum Gasteiger partial charge on any atom is -0.486 e. The van der Waals surface area contributed by atoms with E-state index in [1.165, 1.54) is 24.2 Å². The number of urea groups is 1. The van der Waals surface area contributed by atoms with Gasteiger partial charge in [-0.15, -0.1) is 0 Å². The zero-order valence-corrected chi connectivity index (χ0v) is 16.9. The van der Waals surface area contributed by atoms with Crippen LogP contribution in [0.15, 0.2) is 30.6 Å². The molecule has 0 radical (unpaired) electrons. The molecular weight excluding hydrogens is 419 g/mol. The highest BCUT2D eigenvalue weighted by Crippen LogP contribution is 2.32. The van der Waals surface area contributed by atoms with Crippen molar-refractivity contribution in [2.24, 2.45) is 0 Å². The summed E-state index contributed by atoms with van der Waals surface area (Å²) in [6.07, 6.45) is -1.90. The normalized spacial score (nSPS) is 14.3. The molecule has 1 atom stereocenters. The Bertz CT molecular complexity index is 947. The molecule has 1 aromatic carbocycles. The quantitative estimate of drug-likeness (QED) is 0.715. The van der Waals surface area contributed by atoms with Crippen LogP contribution in [0.25, 0.3) is 0 Å². The van der Waals surface area contributed by atoms with Crippen LogP contribution in [0, 0.1) is 0 Å².